The molecule has 3 nitrogen and oxygen atoms in total. The summed E-state index contributed by atoms with van der Waals surface area (Å²) in [4.78, 5) is 5.96. The topological polar surface area (TPSA) is 42.1 Å². The highest BCUT2D eigenvalue weighted by Crippen LogP contribution is 2.32. The van der Waals surface area contributed by atoms with Crippen LogP contribution in [0.2, 0.25) is 0 Å². The number of hydrogen-bond donors (Lipinski definition) is 1. The van der Waals surface area contributed by atoms with E-state index in [1.807, 2.05) is 0 Å². The number of pyridine rings is 1. The van der Waals surface area contributed by atoms with E-state index in [4.69, 9.17) is 5.73 Å². The molecule has 1 aliphatic heterocycles. The van der Waals surface area contributed by atoms with Crippen LogP contribution in [-0.4, -0.2) is 24.0 Å². The Morgan fingerprint density at radius 2 is 2.00 bits per heavy atom. The maximum Gasteiger partial charge on any atom is 0.251 e. The third kappa shape index (κ3) is 2.42. The standard InChI is InChI=1S/C10H12BrF2N3/c11-7-5-8(14)9(15-6-7)16-3-1-10(12,13)2-4-16/h5-6H,1-4,14H2. The van der Waals surface area contributed by atoms with Crippen LogP contribution in [0, 0.1) is 0 Å². The summed E-state index contributed by atoms with van der Waals surface area (Å²) in [6.45, 7) is 0.595. The molecule has 0 bridgehead atoms. The lowest BCUT2D eigenvalue weighted by Gasteiger charge is -2.33. The van der Waals surface area contributed by atoms with Gasteiger partial charge in [0.15, 0.2) is 5.82 Å². The zero-order valence-electron chi connectivity index (χ0n) is 8.59. The van der Waals surface area contributed by atoms with Crippen LogP contribution in [0.4, 0.5) is 20.3 Å². The molecule has 16 heavy (non-hydrogen) atoms. The van der Waals surface area contributed by atoms with Crippen LogP contribution in [0.5, 0.6) is 0 Å². The van der Waals surface area contributed by atoms with Gasteiger partial charge >= 0.3 is 0 Å². The first kappa shape index (κ1) is 11.6. The lowest BCUT2D eigenvalue weighted by molar-refractivity contribution is -0.0221. The first-order valence-electron chi connectivity index (χ1n) is 5.02. The van der Waals surface area contributed by atoms with E-state index in [-0.39, 0.29) is 12.8 Å². The van der Waals surface area contributed by atoms with Gasteiger partial charge in [-0.25, -0.2) is 13.8 Å². The molecule has 1 aromatic heterocycles. The van der Waals surface area contributed by atoms with Crippen LogP contribution in [-0.2, 0) is 0 Å². The number of nitrogens with two attached hydrogens (primary N) is 1. The van der Waals surface area contributed by atoms with Crippen molar-refractivity contribution in [2.45, 2.75) is 18.8 Å². The molecular weight excluding hydrogens is 280 g/mol. The molecule has 88 valence electrons. The summed E-state index contributed by atoms with van der Waals surface area (Å²) < 4.78 is 26.7. The number of anilines is 2. The summed E-state index contributed by atoms with van der Waals surface area (Å²) >= 11 is 3.26. The minimum atomic E-state index is -2.54. The van der Waals surface area contributed by atoms with Gasteiger partial charge in [0.25, 0.3) is 5.92 Å². The molecule has 0 amide bonds. The molecule has 1 fully saturated rings. The molecule has 1 aliphatic rings. The van der Waals surface area contributed by atoms with E-state index in [0.29, 0.717) is 24.6 Å². The normalized spacial score (nSPS) is 19.8. The van der Waals surface area contributed by atoms with Crippen molar-refractivity contribution in [3.63, 3.8) is 0 Å². The molecule has 1 saturated heterocycles. The number of alkyl halides is 2. The molecular formula is C10H12BrF2N3. The quantitative estimate of drug-likeness (QED) is 0.865. The second-order valence-electron chi connectivity index (χ2n) is 3.91. The molecule has 6 heteroatoms. The summed E-state index contributed by atoms with van der Waals surface area (Å²) in [5.41, 5.74) is 6.31. The van der Waals surface area contributed by atoms with Crippen molar-refractivity contribution in [3.05, 3.63) is 16.7 Å². The van der Waals surface area contributed by atoms with Crippen LogP contribution >= 0.6 is 15.9 Å². The van der Waals surface area contributed by atoms with E-state index in [1.165, 1.54) is 0 Å². The summed E-state index contributed by atoms with van der Waals surface area (Å²) in [5, 5.41) is 0. The summed E-state index contributed by atoms with van der Waals surface area (Å²) in [7, 11) is 0. The van der Waals surface area contributed by atoms with Crippen LogP contribution in [0.15, 0.2) is 16.7 Å². The zero-order valence-corrected chi connectivity index (χ0v) is 10.2. The highest BCUT2D eigenvalue weighted by molar-refractivity contribution is 9.10. The van der Waals surface area contributed by atoms with E-state index in [9.17, 15) is 8.78 Å². The average molecular weight is 292 g/mol. The maximum absolute atomic E-state index is 13.0. The van der Waals surface area contributed by atoms with Crippen molar-refractivity contribution in [2.75, 3.05) is 23.7 Å². The Balaban J connectivity index is 2.14. The first-order valence-corrected chi connectivity index (χ1v) is 5.81. The fourth-order valence-electron chi connectivity index (χ4n) is 1.76. The van der Waals surface area contributed by atoms with E-state index in [2.05, 4.69) is 20.9 Å². The molecule has 0 saturated carbocycles. The van der Waals surface area contributed by atoms with Crippen LogP contribution < -0.4 is 10.6 Å². The number of halogens is 3. The average Bonchev–Trinajstić information content (AvgIpc) is 2.19. The first-order chi connectivity index (χ1) is 7.48. The van der Waals surface area contributed by atoms with Crippen molar-refractivity contribution in [2.24, 2.45) is 0 Å². The van der Waals surface area contributed by atoms with Gasteiger partial charge in [-0.2, -0.15) is 0 Å². The minimum Gasteiger partial charge on any atom is -0.396 e. The lowest BCUT2D eigenvalue weighted by atomic mass is 10.1. The third-order valence-corrected chi connectivity index (χ3v) is 3.09. The Hall–Kier alpha value is -0.910. The van der Waals surface area contributed by atoms with Crippen LogP contribution in [0.3, 0.4) is 0 Å². The third-order valence-electron chi connectivity index (χ3n) is 2.66. The highest BCUT2D eigenvalue weighted by atomic mass is 79.9. The Bertz CT molecular complexity index is 388. The van der Waals surface area contributed by atoms with E-state index < -0.39 is 5.92 Å². The van der Waals surface area contributed by atoms with Crippen molar-refractivity contribution in [3.8, 4) is 0 Å². The Kier molecular flexibility index (Phi) is 3.01. The van der Waals surface area contributed by atoms with Crippen LogP contribution in [0.1, 0.15) is 12.8 Å². The fourth-order valence-corrected chi connectivity index (χ4v) is 2.11. The molecule has 0 spiro atoms. The van der Waals surface area contributed by atoms with Crippen molar-refractivity contribution in [1.82, 2.24) is 4.98 Å². The van der Waals surface area contributed by atoms with Crippen molar-refractivity contribution >= 4 is 27.4 Å². The van der Waals surface area contributed by atoms with Crippen LogP contribution in [0.25, 0.3) is 0 Å². The maximum atomic E-state index is 13.0. The van der Waals surface area contributed by atoms with Gasteiger partial charge in [0, 0.05) is 36.6 Å². The molecule has 0 radical (unpaired) electrons. The fraction of sp³-hybridized carbons (Fsp3) is 0.500. The van der Waals surface area contributed by atoms with Crippen molar-refractivity contribution < 1.29 is 8.78 Å². The zero-order chi connectivity index (χ0) is 11.8. The SMILES string of the molecule is Nc1cc(Br)cnc1N1CCC(F)(F)CC1. The predicted octanol–water partition coefficient (Wildman–Crippen LogP) is 2.66. The summed E-state index contributed by atoms with van der Waals surface area (Å²) in [5.74, 6) is -1.95. The summed E-state index contributed by atoms with van der Waals surface area (Å²) in [6.07, 6.45) is 1.35. The Morgan fingerprint density at radius 1 is 1.38 bits per heavy atom. The van der Waals surface area contributed by atoms with Gasteiger partial charge in [0.2, 0.25) is 0 Å². The molecule has 2 rings (SSSR count). The van der Waals surface area contributed by atoms with Gasteiger partial charge in [0.1, 0.15) is 0 Å². The number of nitrogens with zero attached hydrogens (tertiary/aromatic N) is 2. The number of nitrogen functional groups attached to an aromatic ring is 1. The second-order valence-corrected chi connectivity index (χ2v) is 4.83. The Labute approximate surface area is 101 Å². The molecule has 2 heterocycles. The summed E-state index contributed by atoms with van der Waals surface area (Å²) in [6, 6.07) is 1.73. The minimum absolute atomic E-state index is 0.135. The predicted molar refractivity (Wildman–Crippen MR) is 62.7 cm³/mol. The van der Waals surface area contributed by atoms with Crippen molar-refractivity contribution in [1.29, 1.82) is 0 Å². The Morgan fingerprint density at radius 3 is 2.56 bits per heavy atom. The van der Waals surface area contributed by atoms with Gasteiger partial charge in [-0.3, -0.25) is 0 Å². The van der Waals surface area contributed by atoms with E-state index in [0.717, 1.165) is 4.47 Å². The second kappa shape index (κ2) is 4.16. The number of piperidine rings is 1. The van der Waals surface area contributed by atoms with E-state index >= 15 is 0 Å². The van der Waals surface area contributed by atoms with Gasteiger partial charge in [-0.15, -0.1) is 0 Å². The van der Waals surface area contributed by atoms with E-state index in [1.54, 1.807) is 17.2 Å². The molecule has 1 aromatic rings. The largest absolute Gasteiger partial charge is 0.396 e. The van der Waals surface area contributed by atoms with Gasteiger partial charge in [-0.1, -0.05) is 0 Å². The van der Waals surface area contributed by atoms with Gasteiger partial charge in [0.05, 0.1) is 5.69 Å². The number of rotatable bonds is 1. The number of hydrogen-bond acceptors (Lipinski definition) is 3. The molecule has 2 N–H and O–H groups in total. The number of aromatic nitrogens is 1. The molecule has 0 atom stereocenters. The molecule has 0 unspecified atom stereocenters. The monoisotopic (exact) mass is 291 g/mol. The smallest absolute Gasteiger partial charge is 0.251 e. The van der Waals surface area contributed by atoms with Gasteiger partial charge in [-0.05, 0) is 22.0 Å². The lowest BCUT2D eigenvalue weighted by Crippen LogP contribution is -2.40. The van der Waals surface area contributed by atoms with Gasteiger partial charge < -0.3 is 10.6 Å². The highest BCUT2D eigenvalue weighted by Gasteiger charge is 2.34. The molecule has 0 aromatic carbocycles. The molecule has 0 aliphatic carbocycles.